The first-order valence-electron chi connectivity index (χ1n) is 4.87. The Morgan fingerprint density at radius 2 is 2.31 bits per heavy atom. The van der Waals surface area contributed by atoms with Crippen LogP contribution in [-0.2, 0) is 16.0 Å². The highest BCUT2D eigenvalue weighted by Gasteiger charge is 2.19. The van der Waals surface area contributed by atoms with E-state index >= 15 is 0 Å². The van der Waals surface area contributed by atoms with Crippen LogP contribution in [0.15, 0.2) is 16.9 Å². The van der Waals surface area contributed by atoms with Crippen LogP contribution in [0.2, 0.25) is 0 Å². The number of hydrogen-bond donors (Lipinski definition) is 1. The van der Waals surface area contributed by atoms with Crippen LogP contribution in [0.4, 0.5) is 0 Å². The van der Waals surface area contributed by atoms with Gasteiger partial charge in [0.15, 0.2) is 0 Å². The minimum absolute atomic E-state index is 0.0684. The zero-order valence-electron chi connectivity index (χ0n) is 9.21. The van der Waals surface area contributed by atoms with Gasteiger partial charge in [0.2, 0.25) is 5.91 Å². The van der Waals surface area contributed by atoms with Crippen LogP contribution >= 0.6 is 0 Å². The van der Waals surface area contributed by atoms with Gasteiger partial charge in [-0.1, -0.05) is 5.16 Å². The Morgan fingerprint density at radius 1 is 1.62 bits per heavy atom. The molecule has 1 heterocycles. The van der Waals surface area contributed by atoms with Crippen LogP contribution in [-0.4, -0.2) is 40.1 Å². The molecule has 0 aliphatic carbocycles. The van der Waals surface area contributed by atoms with Crippen LogP contribution in [0.25, 0.3) is 0 Å². The van der Waals surface area contributed by atoms with Gasteiger partial charge in [0.1, 0.15) is 6.26 Å². The summed E-state index contributed by atoms with van der Waals surface area (Å²) >= 11 is 0. The molecule has 1 rings (SSSR count). The van der Waals surface area contributed by atoms with Crippen molar-refractivity contribution in [2.75, 3.05) is 7.05 Å². The van der Waals surface area contributed by atoms with E-state index in [9.17, 15) is 9.59 Å². The fraction of sp³-hybridized carbons (Fsp3) is 0.500. The first-order valence-corrected chi connectivity index (χ1v) is 4.87. The van der Waals surface area contributed by atoms with E-state index in [2.05, 4.69) is 9.68 Å². The number of hydrogen-bond acceptors (Lipinski definition) is 4. The van der Waals surface area contributed by atoms with Gasteiger partial charge in [0, 0.05) is 19.2 Å². The lowest BCUT2D eigenvalue weighted by Crippen LogP contribution is -2.37. The first kappa shape index (κ1) is 12.2. The smallest absolute Gasteiger partial charge is 0.305 e. The van der Waals surface area contributed by atoms with E-state index in [1.165, 1.54) is 11.2 Å². The SMILES string of the molecule is CC(CC(=O)O)N(C)C(=O)Cc1ccon1. The van der Waals surface area contributed by atoms with Crippen molar-refractivity contribution in [1.82, 2.24) is 10.1 Å². The van der Waals surface area contributed by atoms with Gasteiger partial charge in [0.25, 0.3) is 0 Å². The Kier molecular flexibility index (Phi) is 4.04. The second-order valence-corrected chi connectivity index (χ2v) is 3.62. The van der Waals surface area contributed by atoms with Crippen molar-refractivity contribution in [2.45, 2.75) is 25.8 Å². The Morgan fingerprint density at radius 3 is 2.81 bits per heavy atom. The van der Waals surface area contributed by atoms with Crippen LogP contribution in [0.5, 0.6) is 0 Å². The summed E-state index contributed by atoms with van der Waals surface area (Å²) < 4.78 is 4.61. The molecule has 0 saturated heterocycles. The van der Waals surface area contributed by atoms with Gasteiger partial charge >= 0.3 is 5.97 Å². The standard InChI is InChI=1S/C10H14N2O4/c1-7(5-10(14)15)12(2)9(13)6-8-3-4-16-11-8/h3-4,7H,5-6H2,1-2H3,(H,14,15). The summed E-state index contributed by atoms with van der Waals surface area (Å²) in [4.78, 5) is 23.6. The number of carbonyl (C=O) groups excluding carboxylic acids is 1. The van der Waals surface area contributed by atoms with Crippen molar-refractivity contribution >= 4 is 11.9 Å². The molecule has 1 N–H and O–H groups in total. The second kappa shape index (κ2) is 5.29. The minimum atomic E-state index is -0.923. The number of carboxylic acid groups (broad SMARTS) is 1. The van der Waals surface area contributed by atoms with Crippen LogP contribution in [0.1, 0.15) is 19.0 Å². The molecule has 1 atom stereocenters. The van der Waals surface area contributed by atoms with E-state index in [1.807, 2.05) is 0 Å². The van der Waals surface area contributed by atoms with E-state index in [0.29, 0.717) is 5.69 Å². The number of nitrogens with zero attached hydrogens (tertiary/aromatic N) is 2. The molecule has 1 aromatic rings. The van der Waals surface area contributed by atoms with Crippen LogP contribution in [0, 0.1) is 0 Å². The third-order valence-corrected chi connectivity index (χ3v) is 2.35. The van der Waals surface area contributed by atoms with Crippen molar-refractivity contribution in [3.63, 3.8) is 0 Å². The molecule has 0 radical (unpaired) electrons. The minimum Gasteiger partial charge on any atom is -0.481 e. The van der Waals surface area contributed by atoms with E-state index in [1.54, 1.807) is 20.0 Å². The van der Waals surface area contributed by atoms with Gasteiger partial charge in [-0.25, -0.2) is 0 Å². The first-order chi connectivity index (χ1) is 7.50. The highest BCUT2D eigenvalue weighted by molar-refractivity contribution is 5.79. The molecule has 1 aromatic heterocycles. The fourth-order valence-corrected chi connectivity index (χ4v) is 1.24. The molecular weight excluding hydrogens is 212 g/mol. The van der Waals surface area contributed by atoms with Crippen LogP contribution < -0.4 is 0 Å². The molecule has 0 saturated carbocycles. The highest BCUT2D eigenvalue weighted by atomic mass is 16.5. The van der Waals surface area contributed by atoms with Crippen molar-refractivity contribution in [1.29, 1.82) is 0 Å². The van der Waals surface area contributed by atoms with Crippen molar-refractivity contribution in [3.8, 4) is 0 Å². The lowest BCUT2D eigenvalue weighted by molar-refractivity contribution is -0.139. The fourth-order valence-electron chi connectivity index (χ4n) is 1.24. The predicted octanol–water partition coefficient (Wildman–Crippen LogP) is 0.539. The van der Waals surface area contributed by atoms with Crippen LogP contribution in [0.3, 0.4) is 0 Å². The number of amides is 1. The maximum atomic E-state index is 11.7. The maximum absolute atomic E-state index is 11.7. The summed E-state index contributed by atoms with van der Waals surface area (Å²) in [6.07, 6.45) is 1.45. The van der Waals surface area contributed by atoms with Gasteiger partial charge in [-0.3, -0.25) is 9.59 Å². The third kappa shape index (κ3) is 3.38. The average molecular weight is 226 g/mol. The van der Waals surface area contributed by atoms with Gasteiger partial charge in [-0.05, 0) is 6.92 Å². The van der Waals surface area contributed by atoms with E-state index in [-0.39, 0.29) is 24.8 Å². The molecule has 0 aromatic carbocycles. The molecule has 16 heavy (non-hydrogen) atoms. The highest BCUT2D eigenvalue weighted by Crippen LogP contribution is 2.05. The van der Waals surface area contributed by atoms with Crippen molar-refractivity contribution < 1.29 is 19.2 Å². The third-order valence-electron chi connectivity index (χ3n) is 2.35. The molecule has 0 spiro atoms. The normalized spacial score (nSPS) is 12.1. The van der Waals surface area contributed by atoms with Gasteiger partial charge in [0.05, 0.1) is 18.5 Å². The molecule has 6 nitrogen and oxygen atoms in total. The summed E-state index contributed by atoms with van der Waals surface area (Å²) in [5.41, 5.74) is 0.541. The molecule has 1 amide bonds. The number of likely N-dealkylation sites (N-methyl/N-ethyl adjacent to an activating group) is 1. The number of carboxylic acids is 1. The Bertz CT molecular complexity index is 361. The average Bonchev–Trinajstić information content (AvgIpc) is 2.68. The monoisotopic (exact) mass is 226 g/mol. The molecular formula is C10H14N2O4. The number of rotatable bonds is 5. The molecule has 6 heteroatoms. The quantitative estimate of drug-likeness (QED) is 0.792. The van der Waals surface area contributed by atoms with E-state index in [4.69, 9.17) is 5.11 Å². The zero-order valence-corrected chi connectivity index (χ0v) is 9.21. The Labute approximate surface area is 92.8 Å². The molecule has 0 fully saturated rings. The maximum Gasteiger partial charge on any atom is 0.305 e. The van der Waals surface area contributed by atoms with Gasteiger partial charge < -0.3 is 14.5 Å². The zero-order chi connectivity index (χ0) is 12.1. The lowest BCUT2D eigenvalue weighted by atomic mass is 10.2. The summed E-state index contributed by atoms with van der Waals surface area (Å²) in [5, 5.41) is 12.2. The van der Waals surface area contributed by atoms with E-state index in [0.717, 1.165) is 0 Å². The Hall–Kier alpha value is -1.85. The number of aromatic nitrogens is 1. The van der Waals surface area contributed by atoms with Crippen molar-refractivity contribution in [3.05, 3.63) is 18.0 Å². The molecule has 88 valence electrons. The number of carbonyl (C=O) groups is 2. The summed E-state index contributed by atoms with van der Waals surface area (Å²) in [6, 6.07) is 1.27. The summed E-state index contributed by atoms with van der Waals surface area (Å²) in [5.74, 6) is -1.10. The molecule has 0 bridgehead atoms. The van der Waals surface area contributed by atoms with E-state index < -0.39 is 5.97 Å². The molecule has 0 aliphatic heterocycles. The second-order valence-electron chi connectivity index (χ2n) is 3.62. The summed E-state index contributed by atoms with van der Waals surface area (Å²) in [7, 11) is 1.58. The number of aliphatic carboxylic acids is 1. The molecule has 0 aliphatic rings. The summed E-state index contributed by atoms with van der Waals surface area (Å²) in [6.45, 7) is 1.69. The van der Waals surface area contributed by atoms with Gasteiger partial charge in [-0.2, -0.15) is 0 Å². The Balaban J connectivity index is 2.50. The largest absolute Gasteiger partial charge is 0.481 e. The molecule has 1 unspecified atom stereocenters. The van der Waals surface area contributed by atoms with Gasteiger partial charge in [-0.15, -0.1) is 0 Å². The lowest BCUT2D eigenvalue weighted by Gasteiger charge is -2.23. The van der Waals surface area contributed by atoms with Crippen molar-refractivity contribution in [2.24, 2.45) is 0 Å². The predicted molar refractivity (Wildman–Crippen MR) is 54.7 cm³/mol. The topological polar surface area (TPSA) is 83.6 Å².